The van der Waals surface area contributed by atoms with Crippen molar-refractivity contribution in [1.29, 1.82) is 5.26 Å². The van der Waals surface area contributed by atoms with Gasteiger partial charge in [-0.15, -0.1) is 10.2 Å². The summed E-state index contributed by atoms with van der Waals surface area (Å²) in [6, 6.07) is 10.4. The van der Waals surface area contributed by atoms with E-state index in [-0.39, 0.29) is 17.2 Å². The molecule has 0 bridgehead atoms. The highest BCUT2D eigenvalue weighted by Gasteiger charge is 2.45. The topological polar surface area (TPSA) is 73.9 Å². The van der Waals surface area contributed by atoms with Crippen LogP contribution in [0.4, 0.5) is 10.2 Å². The predicted octanol–water partition coefficient (Wildman–Crippen LogP) is 4.77. The Labute approximate surface area is 209 Å². The molecule has 1 aliphatic carbocycles. The highest BCUT2D eigenvalue weighted by Crippen LogP contribution is 2.46. The van der Waals surface area contributed by atoms with Crippen LogP contribution >= 0.6 is 11.6 Å². The number of aryl methyl sites for hydroxylation is 1. The minimum absolute atomic E-state index is 0.226. The van der Waals surface area contributed by atoms with Crippen molar-refractivity contribution in [2.45, 2.75) is 51.6 Å². The Morgan fingerprint density at radius 2 is 1.97 bits per heavy atom. The molecule has 6 rings (SSSR count). The zero-order chi connectivity index (χ0) is 24.2. The van der Waals surface area contributed by atoms with Crippen LogP contribution in [0.15, 0.2) is 30.5 Å². The van der Waals surface area contributed by atoms with Crippen LogP contribution in [0, 0.1) is 29.5 Å². The van der Waals surface area contributed by atoms with Crippen LogP contribution in [0.3, 0.4) is 0 Å². The Kier molecular flexibility index (Phi) is 5.50. The molecular formula is C26H27ClFN7. The van der Waals surface area contributed by atoms with Gasteiger partial charge in [-0.2, -0.15) is 5.26 Å². The second kappa shape index (κ2) is 8.58. The Morgan fingerprint density at radius 3 is 2.69 bits per heavy atom. The van der Waals surface area contributed by atoms with Gasteiger partial charge in [0.05, 0.1) is 29.9 Å². The Morgan fingerprint density at radius 1 is 1.17 bits per heavy atom. The summed E-state index contributed by atoms with van der Waals surface area (Å²) in [6.45, 7) is 5.55. The molecule has 4 heterocycles. The molecule has 2 fully saturated rings. The first-order chi connectivity index (χ1) is 16.9. The van der Waals surface area contributed by atoms with Crippen LogP contribution in [-0.4, -0.2) is 44.3 Å². The molecule has 3 aromatic rings. The van der Waals surface area contributed by atoms with E-state index in [0.29, 0.717) is 17.1 Å². The summed E-state index contributed by atoms with van der Waals surface area (Å²) < 4.78 is 15.9. The van der Waals surface area contributed by atoms with Gasteiger partial charge in [-0.05, 0) is 68.0 Å². The fourth-order valence-corrected chi connectivity index (χ4v) is 5.61. The average Bonchev–Trinajstić information content (AvgIpc) is 3.55. The predicted molar refractivity (Wildman–Crippen MR) is 131 cm³/mol. The van der Waals surface area contributed by atoms with E-state index in [2.05, 4.69) is 41.7 Å². The monoisotopic (exact) mass is 491 g/mol. The van der Waals surface area contributed by atoms with Crippen LogP contribution < -0.4 is 4.90 Å². The zero-order valence-corrected chi connectivity index (χ0v) is 20.5. The molecule has 3 aliphatic rings. The van der Waals surface area contributed by atoms with Crippen LogP contribution in [-0.2, 0) is 13.1 Å². The molecule has 0 spiro atoms. The van der Waals surface area contributed by atoms with Gasteiger partial charge in [-0.1, -0.05) is 11.6 Å². The Hall–Kier alpha value is -3.02. The third-order valence-electron chi connectivity index (χ3n) is 7.63. The van der Waals surface area contributed by atoms with Crippen LogP contribution in [0.1, 0.15) is 54.4 Å². The molecule has 9 heteroatoms. The zero-order valence-electron chi connectivity index (χ0n) is 19.7. The average molecular weight is 492 g/mol. The van der Waals surface area contributed by atoms with E-state index in [0.717, 1.165) is 80.6 Å². The van der Waals surface area contributed by atoms with Gasteiger partial charge in [-0.3, -0.25) is 9.47 Å². The molecule has 0 N–H and O–H groups in total. The van der Waals surface area contributed by atoms with Crippen molar-refractivity contribution in [3.05, 3.63) is 64.1 Å². The molecule has 35 heavy (non-hydrogen) atoms. The lowest BCUT2D eigenvalue weighted by atomic mass is 9.95. The normalized spacial score (nSPS) is 19.5. The van der Waals surface area contributed by atoms with Crippen molar-refractivity contribution in [3.8, 4) is 11.8 Å². The SMILES string of the molecule is Cc1cc(N2CCC(c3nnc4n3-c3ccc(Cl)cc3CN(CC3(C#N)CC3)C4)CC2)ncc1F. The number of halogens is 2. The summed E-state index contributed by atoms with van der Waals surface area (Å²) in [5, 5.41) is 19.7. The third-order valence-corrected chi connectivity index (χ3v) is 7.87. The minimum atomic E-state index is -0.273. The maximum Gasteiger partial charge on any atom is 0.151 e. The number of benzene rings is 1. The summed E-state index contributed by atoms with van der Waals surface area (Å²) in [5.74, 6) is 2.70. The van der Waals surface area contributed by atoms with Crippen molar-refractivity contribution in [2.24, 2.45) is 5.41 Å². The Balaban J connectivity index is 1.28. The van der Waals surface area contributed by atoms with E-state index in [1.807, 2.05) is 18.2 Å². The molecule has 2 aromatic heterocycles. The minimum Gasteiger partial charge on any atom is -0.357 e. The summed E-state index contributed by atoms with van der Waals surface area (Å²) in [4.78, 5) is 8.83. The lowest BCUT2D eigenvalue weighted by molar-refractivity contribution is 0.223. The number of anilines is 1. The van der Waals surface area contributed by atoms with Crippen LogP contribution in [0.5, 0.6) is 0 Å². The molecule has 0 amide bonds. The molecule has 0 unspecified atom stereocenters. The molecular weight excluding hydrogens is 465 g/mol. The van der Waals surface area contributed by atoms with E-state index in [1.165, 1.54) is 6.20 Å². The van der Waals surface area contributed by atoms with Gasteiger partial charge in [-0.25, -0.2) is 9.37 Å². The largest absolute Gasteiger partial charge is 0.357 e. The second-order valence-corrected chi connectivity index (χ2v) is 10.6. The van der Waals surface area contributed by atoms with E-state index in [1.54, 1.807) is 6.92 Å². The fraction of sp³-hybridized carbons (Fsp3) is 0.462. The quantitative estimate of drug-likeness (QED) is 0.523. The number of piperidine rings is 1. The number of nitriles is 1. The molecule has 180 valence electrons. The van der Waals surface area contributed by atoms with Gasteiger partial charge in [0, 0.05) is 37.1 Å². The number of pyridine rings is 1. The van der Waals surface area contributed by atoms with Gasteiger partial charge in [0.2, 0.25) is 0 Å². The summed E-state index contributed by atoms with van der Waals surface area (Å²) >= 11 is 6.39. The first kappa shape index (κ1) is 22.4. The number of fused-ring (bicyclic) bond motifs is 3. The molecule has 0 radical (unpaired) electrons. The molecule has 2 aliphatic heterocycles. The molecule has 1 saturated heterocycles. The first-order valence-electron chi connectivity index (χ1n) is 12.2. The molecule has 7 nitrogen and oxygen atoms in total. The number of nitrogens with zero attached hydrogens (tertiary/aromatic N) is 7. The number of rotatable bonds is 4. The third kappa shape index (κ3) is 4.17. The van der Waals surface area contributed by atoms with Gasteiger partial charge in [0.15, 0.2) is 5.82 Å². The second-order valence-electron chi connectivity index (χ2n) is 10.2. The highest BCUT2D eigenvalue weighted by molar-refractivity contribution is 6.30. The molecule has 1 saturated carbocycles. The highest BCUT2D eigenvalue weighted by atomic mass is 35.5. The maximum atomic E-state index is 13.7. The van der Waals surface area contributed by atoms with Gasteiger partial charge in [0.1, 0.15) is 17.5 Å². The van der Waals surface area contributed by atoms with Crippen molar-refractivity contribution in [2.75, 3.05) is 24.5 Å². The Bertz CT molecular complexity index is 1320. The van der Waals surface area contributed by atoms with E-state index >= 15 is 0 Å². The van der Waals surface area contributed by atoms with Crippen molar-refractivity contribution >= 4 is 17.4 Å². The van der Waals surface area contributed by atoms with Gasteiger partial charge in [0.25, 0.3) is 0 Å². The lowest BCUT2D eigenvalue weighted by Gasteiger charge is -2.32. The lowest BCUT2D eigenvalue weighted by Crippen LogP contribution is -2.34. The van der Waals surface area contributed by atoms with E-state index < -0.39 is 0 Å². The summed E-state index contributed by atoms with van der Waals surface area (Å²) in [6.07, 6.45) is 5.06. The molecule has 0 atom stereocenters. The van der Waals surface area contributed by atoms with Crippen LogP contribution in [0.25, 0.3) is 5.69 Å². The van der Waals surface area contributed by atoms with Crippen molar-refractivity contribution in [1.82, 2.24) is 24.6 Å². The van der Waals surface area contributed by atoms with Crippen molar-refractivity contribution in [3.63, 3.8) is 0 Å². The fourth-order valence-electron chi connectivity index (χ4n) is 5.42. The number of hydrogen-bond donors (Lipinski definition) is 0. The summed E-state index contributed by atoms with van der Waals surface area (Å²) in [7, 11) is 0. The van der Waals surface area contributed by atoms with Gasteiger partial charge >= 0.3 is 0 Å². The molecule has 1 aromatic carbocycles. The van der Waals surface area contributed by atoms with Gasteiger partial charge < -0.3 is 4.90 Å². The number of hydrogen-bond acceptors (Lipinski definition) is 6. The number of aromatic nitrogens is 4. The van der Waals surface area contributed by atoms with Crippen LogP contribution in [0.2, 0.25) is 5.02 Å². The van der Waals surface area contributed by atoms with E-state index in [4.69, 9.17) is 11.6 Å². The summed E-state index contributed by atoms with van der Waals surface area (Å²) in [5.41, 5.74) is 2.60. The first-order valence-corrected chi connectivity index (χ1v) is 12.6. The van der Waals surface area contributed by atoms with E-state index in [9.17, 15) is 9.65 Å². The standard InChI is InChI=1S/C26H27ClFN7/c1-17-10-23(30-12-21(17)28)34-8-4-18(5-9-34)25-32-31-24-14-33(16-26(15-29)6-7-26)13-19-11-20(27)2-3-22(19)35(24)25/h2-3,10-12,18H,4-9,13-14,16H2,1H3. The smallest absolute Gasteiger partial charge is 0.151 e. The maximum absolute atomic E-state index is 13.7. The van der Waals surface area contributed by atoms with Crippen molar-refractivity contribution < 1.29 is 4.39 Å².